The monoisotopic (exact) mass is 197 g/mol. The lowest BCUT2D eigenvalue weighted by molar-refractivity contribution is 0.408. The van der Waals surface area contributed by atoms with Gasteiger partial charge in [-0.05, 0) is 13.8 Å². The van der Waals surface area contributed by atoms with Crippen molar-refractivity contribution in [2.24, 2.45) is 0 Å². The normalized spacial score (nSPS) is 16.4. The molecule has 4 heteroatoms. The molecule has 0 bridgehead atoms. The minimum absolute atomic E-state index is 0. The largest absolute Gasteiger partial charge is 0.353 e. The summed E-state index contributed by atoms with van der Waals surface area (Å²) in [6.45, 7) is 6.31. The van der Waals surface area contributed by atoms with E-state index in [1.807, 2.05) is 0 Å². The van der Waals surface area contributed by atoms with Crippen LogP contribution >= 0.6 is 24.8 Å². The molecule has 0 unspecified atom stereocenters. The van der Waals surface area contributed by atoms with Gasteiger partial charge in [0.25, 0.3) is 0 Å². The molecule has 1 heterocycles. The molecule has 67 valence electrons. The smallest absolute Gasteiger partial charge is 0.141 e. The van der Waals surface area contributed by atoms with Gasteiger partial charge in [-0.25, -0.2) is 0 Å². The maximum Gasteiger partial charge on any atom is 0.141 e. The molecule has 11 heavy (non-hydrogen) atoms. The number of hydrogen-bond donors (Lipinski definition) is 0. The molecule has 0 aromatic carbocycles. The Morgan fingerprint density at radius 3 is 1.27 bits per heavy atom. The Morgan fingerprint density at radius 1 is 0.909 bits per heavy atom. The van der Waals surface area contributed by atoms with Crippen LogP contribution in [0.25, 0.3) is 0 Å². The highest BCUT2D eigenvalue weighted by Crippen LogP contribution is 2.21. The van der Waals surface area contributed by atoms with E-state index in [0.29, 0.717) is 0 Å². The number of hydrogen-bond acceptors (Lipinski definition) is 2. The summed E-state index contributed by atoms with van der Waals surface area (Å²) in [5, 5.41) is 0. The molecule has 1 rings (SSSR count). The molecule has 0 aliphatic carbocycles. The maximum absolute atomic E-state index is 2.12. The Balaban J connectivity index is 0. The topological polar surface area (TPSA) is 6.48 Å². The summed E-state index contributed by atoms with van der Waals surface area (Å²) in [5.41, 5.74) is 2.66. The first-order chi connectivity index (χ1) is 4.13. The summed E-state index contributed by atoms with van der Waals surface area (Å²) in [5.74, 6) is 0. The van der Waals surface area contributed by atoms with E-state index >= 15 is 0 Å². The van der Waals surface area contributed by atoms with Gasteiger partial charge in [0.2, 0.25) is 0 Å². The van der Waals surface area contributed by atoms with Gasteiger partial charge >= 0.3 is 0 Å². The van der Waals surface area contributed by atoms with Crippen LogP contribution in [0.4, 0.5) is 0 Å². The second kappa shape index (κ2) is 4.73. The van der Waals surface area contributed by atoms with Crippen LogP contribution in [0, 0.1) is 6.67 Å². The molecule has 1 aliphatic heterocycles. The zero-order valence-corrected chi connectivity index (χ0v) is 8.92. The average molecular weight is 198 g/mol. The highest BCUT2D eigenvalue weighted by molar-refractivity contribution is 5.85. The highest BCUT2D eigenvalue weighted by atomic mass is 35.5. The van der Waals surface area contributed by atoms with E-state index in [9.17, 15) is 0 Å². The predicted octanol–water partition coefficient (Wildman–Crippen LogP) is 2.08. The third kappa shape index (κ3) is 2.46. The lowest BCUT2D eigenvalue weighted by atomic mass is 10.4. The van der Waals surface area contributed by atoms with Gasteiger partial charge in [-0.15, -0.1) is 24.8 Å². The van der Waals surface area contributed by atoms with Crippen molar-refractivity contribution in [1.82, 2.24) is 9.80 Å². The number of nitrogens with zero attached hydrogens (tertiary/aromatic N) is 2. The highest BCUT2D eigenvalue weighted by Gasteiger charge is 2.16. The van der Waals surface area contributed by atoms with Crippen molar-refractivity contribution in [3.05, 3.63) is 18.1 Å². The first-order valence-corrected chi connectivity index (χ1v) is 3.11. The van der Waals surface area contributed by atoms with Crippen LogP contribution in [0.3, 0.4) is 0 Å². The van der Waals surface area contributed by atoms with Gasteiger partial charge in [0, 0.05) is 25.5 Å². The fourth-order valence-electron chi connectivity index (χ4n) is 0.943. The molecule has 0 aromatic heterocycles. The molecule has 0 amide bonds. The molecule has 0 atom stereocenters. The van der Waals surface area contributed by atoms with Crippen molar-refractivity contribution in [3.8, 4) is 0 Å². The van der Waals surface area contributed by atoms with Crippen LogP contribution in [0.5, 0.6) is 0 Å². The van der Waals surface area contributed by atoms with Crippen molar-refractivity contribution in [2.75, 3.05) is 14.1 Å². The van der Waals surface area contributed by atoms with Crippen molar-refractivity contribution in [3.63, 3.8) is 0 Å². The maximum atomic E-state index is 2.12. The van der Waals surface area contributed by atoms with E-state index < -0.39 is 0 Å². The molecule has 1 aliphatic rings. The van der Waals surface area contributed by atoms with Crippen LogP contribution < -0.4 is 0 Å². The molecule has 0 saturated carbocycles. The summed E-state index contributed by atoms with van der Waals surface area (Å²) in [6, 6.07) is 0. The summed E-state index contributed by atoms with van der Waals surface area (Å²) < 4.78 is 0. The summed E-state index contributed by atoms with van der Waals surface area (Å²) >= 11 is 0. The van der Waals surface area contributed by atoms with Crippen LogP contribution in [-0.2, 0) is 0 Å². The first-order valence-electron chi connectivity index (χ1n) is 3.11. The Morgan fingerprint density at radius 2 is 1.18 bits per heavy atom. The summed E-state index contributed by atoms with van der Waals surface area (Å²) in [6.07, 6.45) is 0. The standard InChI is InChI=1S/C7H13N2.2ClH/c1-6-7(2)9(4)5-8(6)3;;/h5H,1-4H3;2*1H. The Labute approximate surface area is 81.1 Å². The van der Waals surface area contributed by atoms with Crippen molar-refractivity contribution in [1.29, 1.82) is 0 Å². The van der Waals surface area contributed by atoms with Gasteiger partial charge in [0.1, 0.15) is 6.67 Å². The van der Waals surface area contributed by atoms with Crippen LogP contribution in [-0.4, -0.2) is 23.9 Å². The summed E-state index contributed by atoms with van der Waals surface area (Å²) in [4.78, 5) is 4.24. The van der Waals surface area contributed by atoms with Crippen LogP contribution in [0.15, 0.2) is 11.4 Å². The summed E-state index contributed by atoms with van der Waals surface area (Å²) in [7, 11) is 4.12. The zero-order chi connectivity index (χ0) is 7.02. The minimum Gasteiger partial charge on any atom is -0.353 e. The Bertz CT molecular complexity index is 141. The van der Waals surface area contributed by atoms with Crippen molar-refractivity contribution >= 4 is 24.8 Å². The number of halogens is 2. The second-order valence-electron chi connectivity index (χ2n) is 2.51. The van der Waals surface area contributed by atoms with Gasteiger partial charge in [0.15, 0.2) is 0 Å². The molecule has 0 fully saturated rings. The van der Waals surface area contributed by atoms with Gasteiger partial charge in [0.05, 0.1) is 0 Å². The van der Waals surface area contributed by atoms with Gasteiger partial charge in [-0.2, -0.15) is 0 Å². The fourth-order valence-corrected chi connectivity index (χ4v) is 0.943. The van der Waals surface area contributed by atoms with E-state index in [-0.39, 0.29) is 24.8 Å². The van der Waals surface area contributed by atoms with Gasteiger partial charge in [-0.3, -0.25) is 0 Å². The van der Waals surface area contributed by atoms with Crippen molar-refractivity contribution in [2.45, 2.75) is 13.8 Å². The van der Waals surface area contributed by atoms with E-state index in [4.69, 9.17) is 0 Å². The van der Waals surface area contributed by atoms with E-state index in [1.165, 1.54) is 11.4 Å². The fraction of sp³-hybridized carbons (Fsp3) is 0.571. The third-order valence-electron chi connectivity index (χ3n) is 1.93. The molecule has 0 saturated heterocycles. The second-order valence-corrected chi connectivity index (χ2v) is 2.51. The molecule has 0 N–H and O–H groups in total. The molecule has 2 nitrogen and oxygen atoms in total. The minimum atomic E-state index is 0. The van der Waals surface area contributed by atoms with E-state index in [2.05, 4.69) is 44.4 Å². The molecule has 1 radical (unpaired) electrons. The van der Waals surface area contributed by atoms with Gasteiger partial charge < -0.3 is 9.80 Å². The predicted molar refractivity (Wildman–Crippen MR) is 52.7 cm³/mol. The number of rotatable bonds is 0. The van der Waals surface area contributed by atoms with E-state index in [1.54, 1.807) is 0 Å². The van der Waals surface area contributed by atoms with Gasteiger partial charge in [-0.1, -0.05) is 0 Å². The number of allylic oxidation sites excluding steroid dienone is 2. The first kappa shape index (κ1) is 13.5. The van der Waals surface area contributed by atoms with Crippen molar-refractivity contribution < 1.29 is 0 Å². The zero-order valence-electron chi connectivity index (χ0n) is 7.29. The van der Waals surface area contributed by atoms with Crippen LogP contribution in [0.1, 0.15) is 13.8 Å². The Kier molecular flexibility index (Phi) is 5.81. The Hall–Kier alpha value is -0.0800. The lowest BCUT2D eigenvalue weighted by Gasteiger charge is -2.12. The third-order valence-corrected chi connectivity index (χ3v) is 1.93. The SMILES string of the molecule is CC1=C(C)N(C)[CH]N1C.Cl.Cl. The molecule has 0 aromatic rings. The average Bonchev–Trinajstić information content (AvgIpc) is 1.98. The van der Waals surface area contributed by atoms with E-state index in [0.717, 1.165) is 0 Å². The quantitative estimate of drug-likeness (QED) is 0.588. The lowest BCUT2D eigenvalue weighted by Crippen LogP contribution is -2.13. The molecule has 0 spiro atoms. The molecular weight excluding hydrogens is 183 g/mol. The molecular formula is C7H15Cl2N2. The van der Waals surface area contributed by atoms with Crippen LogP contribution in [0.2, 0.25) is 0 Å².